The summed E-state index contributed by atoms with van der Waals surface area (Å²) in [6, 6.07) is 0.474. The molecule has 1 atom stereocenters. The molecule has 1 aromatic heterocycles. The normalized spacial score (nSPS) is 19.1. The van der Waals surface area contributed by atoms with Crippen molar-refractivity contribution in [3.8, 4) is 0 Å². The molecule has 102 valence electrons. The lowest BCUT2D eigenvalue weighted by molar-refractivity contribution is 0.305. The van der Waals surface area contributed by atoms with Crippen LogP contribution in [0.5, 0.6) is 0 Å². The van der Waals surface area contributed by atoms with Gasteiger partial charge in [-0.15, -0.1) is 0 Å². The fourth-order valence-corrected chi connectivity index (χ4v) is 3.43. The fraction of sp³-hybridized carbons (Fsp3) is 0.800. The Labute approximate surface area is 111 Å². The molecule has 3 heteroatoms. The van der Waals surface area contributed by atoms with E-state index in [2.05, 4.69) is 31.3 Å². The van der Waals surface area contributed by atoms with E-state index in [-0.39, 0.29) is 0 Å². The van der Waals surface area contributed by atoms with Crippen LogP contribution in [0.4, 0.5) is 0 Å². The molecule has 0 aliphatic heterocycles. The summed E-state index contributed by atoms with van der Waals surface area (Å²) in [5.41, 5.74) is 3.92. The predicted octanol–water partition coefficient (Wildman–Crippen LogP) is 3.27. The average molecular weight is 249 g/mol. The highest BCUT2D eigenvalue weighted by molar-refractivity contribution is 5.28. The minimum absolute atomic E-state index is 0.474. The summed E-state index contributed by atoms with van der Waals surface area (Å²) in [6.45, 7) is 4.31. The molecule has 0 amide bonds. The summed E-state index contributed by atoms with van der Waals surface area (Å²) in [5, 5.41) is 8.06. The summed E-state index contributed by atoms with van der Waals surface area (Å²) < 4.78 is 2.01. The van der Waals surface area contributed by atoms with Gasteiger partial charge in [-0.2, -0.15) is 5.10 Å². The molecule has 0 bridgehead atoms. The largest absolute Gasteiger partial charge is 0.313 e. The molecule has 1 unspecified atom stereocenters. The number of nitrogens with zero attached hydrogens (tertiary/aromatic N) is 2. The van der Waals surface area contributed by atoms with E-state index in [1.54, 1.807) is 0 Å². The first-order valence-electron chi connectivity index (χ1n) is 7.30. The molecule has 1 aliphatic carbocycles. The maximum atomic E-state index is 4.55. The highest BCUT2D eigenvalue weighted by Gasteiger charge is 2.23. The maximum absolute atomic E-state index is 4.55. The zero-order valence-corrected chi connectivity index (χ0v) is 12.3. The van der Waals surface area contributed by atoms with E-state index in [1.165, 1.54) is 55.5 Å². The molecule has 0 aromatic carbocycles. The zero-order valence-electron chi connectivity index (χ0n) is 12.3. The van der Waals surface area contributed by atoms with Crippen LogP contribution >= 0.6 is 0 Å². The number of rotatable bonds is 4. The molecule has 1 aromatic rings. The Kier molecular flexibility index (Phi) is 4.44. The Bertz CT molecular complexity index is 389. The second-order valence-electron chi connectivity index (χ2n) is 5.79. The van der Waals surface area contributed by atoms with Crippen LogP contribution in [0.2, 0.25) is 0 Å². The maximum Gasteiger partial charge on any atom is 0.0644 e. The minimum atomic E-state index is 0.474. The van der Waals surface area contributed by atoms with Gasteiger partial charge >= 0.3 is 0 Å². The van der Waals surface area contributed by atoms with Gasteiger partial charge in [0.15, 0.2) is 0 Å². The lowest BCUT2D eigenvalue weighted by Gasteiger charge is -2.26. The lowest BCUT2D eigenvalue weighted by atomic mass is 9.83. The van der Waals surface area contributed by atoms with Crippen LogP contribution in [0.3, 0.4) is 0 Å². The monoisotopic (exact) mass is 249 g/mol. The highest BCUT2D eigenvalue weighted by atomic mass is 15.3. The molecule has 1 aliphatic rings. The Morgan fingerprint density at radius 2 is 1.94 bits per heavy atom. The standard InChI is InChI=1S/C15H27N3/c1-11-15(12(2)18(4)17-11)14(16-3)10-13-8-6-5-7-9-13/h13-14,16H,5-10H2,1-4H3. The van der Waals surface area contributed by atoms with Crippen LogP contribution in [0.1, 0.15) is 61.5 Å². The molecule has 3 nitrogen and oxygen atoms in total. The molecular formula is C15H27N3. The average Bonchev–Trinajstić information content (AvgIpc) is 2.62. The van der Waals surface area contributed by atoms with Crippen molar-refractivity contribution in [1.29, 1.82) is 0 Å². The van der Waals surface area contributed by atoms with E-state index in [9.17, 15) is 0 Å². The molecule has 1 saturated carbocycles. The Balaban J connectivity index is 2.12. The quantitative estimate of drug-likeness (QED) is 0.887. The number of hydrogen-bond donors (Lipinski definition) is 1. The summed E-state index contributed by atoms with van der Waals surface area (Å²) in [6.07, 6.45) is 8.38. The summed E-state index contributed by atoms with van der Waals surface area (Å²) >= 11 is 0. The first-order valence-corrected chi connectivity index (χ1v) is 7.30. The van der Waals surface area contributed by atoms with E-state index < -0.39 is 0 Å². The van der Waals surface area contributed by atoms with E-state index in [1.807, 2.05) is 11.7 Å². The Morgan fingerprint density at radius 3 is 2.44 bits per heavy atom. The van der Waals surface area contributed by atoms with Gasteiger partial charge in [0.1, 0.15) is 0 Å². The van der Waals surface area contributed by atoms with Crippen molar-refractivity contribution in [3.05, 3.63) is 17.0 Å². The molecule has 1 fully saturated rings. The third kappa shape index (κ3) is 2.77. The molecule has 0 spiro atoms. The van der Waals surface area contributed by atoms with Crippen molar-refractivity contribution in [2.24, 2.45) is 13.0 Å². The van der Waals surface area contributed by atoms with Gasteiger partial charge < -0.3 is 5.32 Å². The molecule has 1 heterocycles. The van der Waals surface area contributed by atoms with Crippen LogP contribution in [-0.4, -0.2) is 16.8 Å². The number of nitrogens with one attached hydrogen (secondary N) is 1. The van der Waals surface area contributed by atoms with Gasteiger partial charge in [-0.1, -0.05) is 32.1 Å². The first-order chi connectivity index (χ1) is 8.63. The minimum Gasteiger partial charge on any atom is -0.313 e. The summed E-state index contributed by atoms with van der Waals surface area (Å²) in [5.74, 6) is 0.898. The van der Waals surface area contributed by atoms with Gasteiger partial charge in [-0.3, -0.25) is 4.68 Å². The van der Waals surface area contributed by atoms with Gasteiger partial charge in [0, 0.05) is 24.3 Å². The van der Waals surface area contributed by atoms with Gasteiger partial charge in [0.25, 0.3) is 0 Å². The van der Waals surface area contributed by atoms with Crippen LogP contribution in [0.15, 0.2) is 0 Å². The van der Waals surface area contributed by atoms with E-state index in [0.717, 1.165) is 5.92 Å². The Morgan fingerprint density at radius 1 is 1.28 bits per heavy atom. The van der Waals surface area contributed by atoms with E-state index in [4.69, 9.17) is 0 Å². The highest BCUT2D eigenvalue weighted by Crippen LogP contribution is 2.33. The number of aromatic nitrogens is 2. The topological polar surface area (TPSA) is 29.9 Å². The fourth-order valence-electron chi connectivity index (χ4n) is 3.43. The van der Waals surface area contributed by atoms with Crippen molar-refractivity contribution < 1.29 is 0 Å². The second-order valence-corrected chi connectivity index (χ2v) is 5.79. The van der Waals surface area contributed by atoms with Gasteiger partial charge in [-0.05, 0) is 33.2 Å². The van der Waals surface area contributed by atoms with Crippen LogP contribution in [0.25, 0.3) is 0 Å². The van der Waals surface area contributed by atoms with Crippen molar-refractivity contribution in [3.63, 3.8) is 0 Å². The first kappa shape index (κ1) is 13.6. The third-order valence-corrected chi connectivity index (χ3v) is 4.56. The van der Waals surface area contributed by atoms with Crippen molar-refractivity contribution in [2.45, 2.75) is 58.4 Å². The third-order valence-electron chi connectivity index (χ3n) is 4.56. The van der Waals surface area contributed by atoms with Crippen LogP contribution < -0.4 is 5.32 Å². The van der Waals surface area contributed by atoms with E-state index in [0.29, 0.717) is 6.04 Å². The second kappa shape index (κ2) is 5.87. The molecule has 1 N–H and O–H groups in total. The van der Waals surface area contributed by atoms with Crippen molar-refractivity contribution in [2.75, 3.05) is 7.05 Å². The number of hydrogen-bond acceptors (Lipinski definition) is 2. The van der Waals surface area contributed by atoms with Crippen LogP contribution in [0, 0.1) is 19.8 Å². The van der Waals surface area contributed by atoms with Gasteiger partial charge in [0.2, 0.25) is 0 Å². The van der Waals surface area contributed by atoms with Crippen LogP contribution in [-0.2, 0) is 7.05 Å². The smallest absolute Gasteiger partial charge is 0.0644 e. The molecular weight excluding hydrogens is 222 g/mol. The zero-order chi connectivity index (χ0) is 13.1. The lowest BCUT2D eigenvalue weighted by Crippen LogP contribution is -2.22. The predicted molar refractivity (Wildman–Crippen MR) is 75.7 cm³/mol. The van der Waals surface area contributed by atoms with Gasteiger partial charge in [0.05, 0.1) is 5.69 Å². The van der Waals surface area contributed by atoms with Crippen molar-refractivity contribution in [1.82, 2.24) is 15.1 Å². The molecule has 0 radical (unpaired) electrons. The number of aryl methyl sites for hydroxylation is 2. The summed E-state index contributed by atoms with van der Waals surface area (Å²) in [4.78, 5) is 0. The summed E-state index contributed by atoms with van der Waals surface area (Å²) in [7, 11) is 4.12. The SMILES string of the molecule is CNC(CC1CCCCC1)c1c(C)nn(C)c1C. The van der Waals surface area contributed by atoms with E-state index >= 15 is 0 Å². The molecule has 18 heavy (non-hydrogen) atoms. The Hall–Kier alpha value is -0.830. The van der Waals surface area contributed by atoms with Crippen molar-refractivity contribution >= 4 is 0 Å². The van der Waals surface area contributed by atoms with Gasteiger partial charge in [-0.25, -0.2) is 0 Å². The molecule has 2 rings (SSSR count). The molecule has 0 saturated heterocycles.